The third-order valence-electron chi connectivity index (χ3n) is 3.95. The molecule has 132 valence electrons. The first-order chi connectivity index (χ1) is 12.5. The van der Waals surface area contributed by atoms with E-state index in [4.69, 9.17) is 4.74 Å². The molecule has 26 heavy (non-hydrogen) atoms. The lowest BCUT2D eigenvalue weighted by Gasteiger charge is -2.14. The number of fused-ring (bicyclic) bond motifs is 1. The Morgan fingerprint density at radius 2 is 1.92 bits per heavy atom. The Morgan fingerprint density at radius 3 is 2.69 bits per heavy atom. The Hall–Kier alpha value is -3.28. The molecular formula is C20H17FN2O3. The Morgan fingerprint density at radius 1 is 1.15 bits per heavy atom. The van der Waals surface area contributed by atoms with E-state index in [-0.39, 0.29) is 5.56 Å². The van der Waals surface area contributed by atoms with Gasteiger partial charge in [0, 0.05) is 17.3 Å². The number of hydrogen-bond acceptors (Lipinski definition) is 4. The smallest absolute Gasteiger partial charge is 0.341 e. The molecule has 0 aliphatic carbocycles. The summed E-state index contributed by atoms with van der Waals surface area (Å²) in [4.78, 5) is 28.8. The highest BCUT2D eigenvalue weighted by Gasteiger charge is 2.21. The van der Waals surface area contributed by atoms with Crippen LogP contribution in [0.2, 0.25) is 0 Å². The van der Waals surface area contributed by atoms with E-state index in [1.807, 2.05) is 12.1 Å². The fourth-order valence-corrected chi connectivity index (χ4v) is 2.46. The molecule has 1 aromatic heterocycles. The van der Waals surface area contributed by atoms with Gasteiger partial charge in [-0.2, -0.15) is 0 Å². The molecule has 3 aromatic rings. The molecule has 0 spiro atoms. The number of aromatic nitrogens is 1. The number of benzene rings is 2. The van der Waals surface area contributed by atoms with Crippen LogP contribution in [-0.4, -0.2) is 23.0 Å². The van der Waals surface area contributed by atoms with Crippen LogP contribution in [0.1, 0.15) is 22.8 Å². The SMILES string of the molecule is Cc1ccc(NC(=O)[C@@H](C)OC(=O)c2cccc3cccnc23)cc1F. The standard InChI is InChI=1S/C20H17FN2O3/c1-12-8-9-15(11-17(12)21)23-19(24)13(2)26-20(25)16-7-3-5-14-6-4-10-22-18(14)16/h3-11,13H,1-2H3,(H,23,24)/t13-/m1/s1. The second-order valence-electron chi connectivity index (χ2n) is 5.88. The minimum atomic E-state index is -1.05. The van der Waals surface area contributed by atoms with Crippen LogP contribution in [0.15, 0.2) is 54.7 Å². The lowest BCUT2D eigenvalue weighted by atomic mass is 10.1. The van der Waals surface area contributed by atoms with Gasteiger partial charge in [0.05, 0.1) is 11.1 Å². The molecule has 0 fully saturated rings. The number of aryl methyl sites for hydroxylation is 1. The molecule has 1 atom stereocenters. The summed E-state index contributed by atoms with van der Waals surface area (Å²) in [6.45, 7) is 3.08. The normalized spacial score (nSPS) is 11.8. The predicted molar refractivity (Wildman–Crippen MR) is 96.4 cm³/mol. The molecule has 1 N–H and O–H groups in total. The van der Waals surface area contributed by atoms with Crippen LogP contribution in [0, 0.1) is 12.7 Å². The van der Waals surface area contributed by atoms with E-state index in [9.17, 15) is 14.0 Å². The molecule has 1 heterocycles. The van der Waals surface area contributed by atoms with E-state index in [0.29, 0.717) is 16.8 Å². The number of pyridine rings is 1. The van der Waals surface area contributed by atoms with Gasteiger partial charge in [0.2, 0.25) is 0 Å². The summed E-state index contributed by atoms with van der Waals surface area (Å²) in [5.41, 5.74) is 1.57. The first-order valence-corrected chi connectivity index (χ1v) is 8.07. The summed E-state index contributed by atoms with van der Waals surface area (Å²) < 4.78 is 18.8. The van der Waals surface area contributed by atoms with Gasteiger partial charge >= 0.3 is 5.97 Å². The summed E-state index contributed by atoms with van der Waals surface area (Å²) in [5, 5.41) is 3.33. The second-order valence-corrected chi connectivity index (χ2v) is 5.88. The third-order valence-corrected chi connectivity index (χ3v) is 3.95. The number of carbonyl (C=O) groups is 2. The number of amides is 1. The Labute approximate surface area is 149 Å². The molecule has 0 unspecified atom stereocenters. The number of hydrogen-bond donors (Lipinski definition) is 1. The molecule has 2 aromatic carbocycles. The van der Waals surface area contributed by atoms with Gasteiger partial charge in [-0.1, -0.05) is 24.3 Å². The Balaban J connectivity index is 1.72. The number of nitrogens with zero attached hydrogens (tertiary/aromatic N) is 1. The molecule has 0 aliphatic heterocycles. The summed E-state index contributed by atoms with van der Waals surface area (Å²) in [7, 11) is 0. The number of esters is 1. The lowest BCUT2D eigenvalue weighted by molar-refractivity contribution is -0.123. The van der Waals surface area contributed by atoms with E-state index < -0.39 is 23.8 Å². The topological polar surface area (TPSA) is 68.3 Å². The average Bonchev–Trinajstić information content (AvgIpc) is 2.64. The van der Waals surface area contributed by atoms with Gasteiger partial charge in [-0.25, -0.2) is 9.18 Å². The largest absolute Gasteiger partial charge is 0.449 e. The zero-order chi connectivity index (χ0) is 18.7. The zero-order valence-corrected chi connectivity index (χ0v) is 14.3. The van der Waals surface area contributed by atoms with Crippen LogP contribution in [0.4, 0.5) is 10.1 Å². The summed E-state index contributed by atoms with van der Waals surface area (Å²) >= 11 is 0. The summed E-state index contributed by atoms with van der Waals surface area (Å²) in [6, 6.07) is 13.1. The van der Waals surface area contributed by atoms with Crippen molar-refractivity contribution in [2.75, 3.05) is 5.32 Å². The van der Waals surface area contributed by atoms with Crippen molar-refractivity contribution < 1.29 is 18.7 Å². The van der Waals surface area contributed by atoms with Gasteiger partial charge in [-0.3, -0.25) is 9.78 Å². The summed E-state index contributed by atoms with van der Waals surface area (Å²) in [5.74, 6) is -1.61. The second kappa shape index (κ2) is 7.31. The number of nitrogens with one attached hydrogen (secondary N) is 1. The van der Waals surface area contributed by atoms with Gasteiger partial charge in [0.15, 0.2) is 6.10 Å². The number of para-hydroxylation sites is 1. The molecule has 6 heteroatoms. The van der Waals surface area contributed by atoms with E-state index in [0.717, 1.165) is 5.39 Å². The quantitative estimate of drug-likeness (QED) is 0.724. The molecule has 3 rings (SSSR count). The van der Waals surface area contributed by atoms with Crippen LogP contribution in [-0.2, 0) is 9.53 Å². The Kier molecular flexibility index (Phi) is 4.93. The van der Waals surface area contributed by atoms with Crippen LogP contribution in [0.3, 0.4) is 0 Å². The maximum atomic E-state index is 13.6. The van der Waals surface area contributed by atoms with Crippen molar-refractivity contribution in [3.8, 4) is 0 Å². The highest BCUT2D eigenvalue weighted by atomic mass is 19.1. The van der Waals surface area contributed by atoms with Crippen molar-refractivity contribution in [2.24, 2.45) is 0 Å². The highest BCUT2D eigenvalue weighted by molar-refractivity contribution is 6.04. The van der Waals surface area contributed by atoms with Crippen LogP contribution in [0.5, 0.6) is 0 Å². The molecule has 5 nitrogen and oxygen atoms in total. The fourth-order valence-electron chi connectivity index (χ4n) is 2.46. The van der Waals surface area contributed by atoms with Crippen molar-refractivity contribution in [1.82, 2.24) is 4.98 Å². The van der Waals surface area contributed by atoms with Crippen molar-refractivity contribution in [2.45, 2.75) is 20.0 Å². The van der Waals surface area contributed by atoms with Gasteiger partial charge < -0.3 is 10.1 Å². The maximum absolute atomic E-state index is 13.6. The van der Waals surface area contributed by atoms with Crippen molar-refractivity contribution in [3.05, 3.63) is 71.7 Å². The molecular weight excluding hydrogens is 335 g/mol. The monoisotopic (exact) mass is 352 g/mol. The maximum Gasteiger partial charge on any atom is 0.341 e. The van der Waals surface area contributed by atoms with Crippen LogP contribution >= 0.6 is 0 Å². The van der Waals surface area contributed by atoms with Crippen molar-refractivity contribution in [1.29, 1.82) is 0 Å². The van der Waals surface area contributed by atoms with Crippen molar-refractivity contribution >= 4 is 28.5 Å². The molecule has 0 saturated heterocycles. The fraction of sp³-hybridized carbons (Fsp3) is 0.150. The number of anilines is 1. The first-order valence-electron chi connectivity index (χ1n) is 8.07. The molecule has 0 saturated carbocycles. The highest BCUT2D eigenvalue weighted by Crippen LogP contribution is 2.18. The zero-order valence-electron chi connectivity index (χ0n) is 14.3. The minimum absolute atomic E-state index is 0.282. The van der Waals surface area contributed by atoms with E-state index in [1.54, 1.807) is 43.5 Å². The molecule has 0 aliphatic rings. The molecule has 0 radical (unpaired) electrons. The van der Waals surface area contributed by atoms with Crippen LogP contribution < -0.4 is 5.32 Å². The van der Waals surface area contributed by atoms with E-state index >= 15 is 0 Å². The average molecular weight is 352 g/mol. The number of rotatable bonds is 4. The van der Waals surface area contributed by atoms with Gasteiger partial charge in [-0.15, -0.1) is 0 Å². The Bertz CT molecular complexity index is 982. The summed E-state index contributed by atoms with van der Waals surface area (Å²) in [6.07, 6.45) is 0.534. The van der Waals surface area contributed by atoms with Gasteiger partial charge in [0.1, 0.15) is 5.82 Å². The van der Waals surface area contributed by atoms with Gasteiger partial charge in [-0.05, 0) is 43.7 Å². The van der Waals surface area contributed by atoms with Crippen molar-refractivity contribution in [3.63, 3.8) is 0 Å². The third kappa shape index (κ3) is 3.69. The number of halogens is 1. The molecule has 1 amide bonds. The molecule has 0 bridgehead atoms. The van der Waals surface area contributed by atoms with Crippen LogP contribution in [0.25, 0.3) is 10.9 Å². The van der Waals surface area contributed by atoms with Gasteiger partial charge in [0.25, 0.3) is 5.91 Å². The van der Waals surface area contributed by atoms with E-state index in [2.05, 4.69) is 10.3 Å². The number of carbonyl (C=O) groups excluding carboxylic acids is 2. The van der Waals surface area contributed by atoms with E-state index in [1.165, 1.54) is 13.0 Å². The minimum Gasteiger partial charge on any atom is -0.449 e. The first kappa shape index (κ1) is 17.5. The predicted octanol–water partition coefficient (Wildman–Crippen LogP) is 3.87. The number of ether oxygens (including phenoxy) is 1. The lowest BCUT2D eigenvalue weighted by Crippen LogP contribution is -2.30.